The Hall–Kier alpha value is -2.17. The van der Waals surface area contributed by atoms with E-state index < -0.39 is 0 Å². The van der Waals surface area contributed by atoms with Gasteiger partial charge in [-0.15, -0.1) is 0 Å². The molecule has 5 nitrogen and oxygen atoms in total. The Morgan fingerprint density at radius 2 is 2.32 bits per heavy atom. The SMILES string of the molecule is CC1(C)CCCC1C(=O)NCc1cccnc1-n1ccnc1. The summed E-state index contributed by atoms with van der Waals surface area (Å²) in [5.41, 5.74) is 1.09. The molecule has 0 aliphatic heterocycles. The topological polar surface area (TPSA) is 59.8 Å². The highest BCUT2D eigenvalue weighted by Gasteiger charge is 2.39. The van der Waals surface area contributed by atoms with Gasteiger partial charge in [0, 0.05) is 36.6 Å². The molecule has 5 heteroatoms. The molecule has 2 aromatic heterocycles. The minimum absolute atomic E-state index is 0.103. The molecule has 1 amide bonds. The number of aromatic nitrogens is 3. The van der Waals surface area contributed by atoms with Crippen LogP contribution in [0.1, 0.15) is 38.7 Å². The van der Waals surface area contributed by atoms with E-state index in [4.69, 9.17) is 0 Å². The standard InChI is InChI=1S/C17H22N4O/c1-17(2)7-3-6-14(17)16(22)20-11-13-5-4-8-19-15(13)21-10-9-18-12-21/h4-5,8-10,12,14H,3,6-7,11H2,1-2H3,(H,20,22). The number of nitrogens with zero attached hydrogens (tertiary/aromatic N) is 3. The summed E-state index contributed by atoms with van der Waals surface area (Å²) in [5, 5.41) is 3.09. The van der Waals surface area contributed by atoms with Gasteiger partial charge < -0.3 is 5.32 Å². The van der Waals surface area contributed by atoms with Crippen LogP contribution in [0.5, 0.6) is 0 Å². The maximum Gasteiger partial charge on any atom is 0.223 e. The molecular weight excluding hydrogens is 276 g/mol. The summed E-state index contributed by atoms with van der Waals surface area (Å²) in [4.78, 5) is 20.9. The number of amides is 1. The Morgan fingerprint density at radius 3 is 3.00 bits per heavy atom. The predicted octanol–water partition coefficient (Wildman–Crippen LogP) is 2.71. The lowest BCUT2D eigenvalue weighted by Crippen LogP contribution is -2.36. The zero-order chi connectivity index (χ0) is 15.6. The van der Waals surface area contributed by atoms with E-state index in [0.717, 1.165) is 30.6 Å². The maximum absolute atomic E-state index is 12.5. The van der Waals surface area contributed by atoms with Gasteiger partial charge in [0.15, 0.2) is 0 Å². The Balaban J connectivity index is 1.71. The summed E-state index contributed by atoms with van der Waals surface area (Å²) in [7, 11) is 0. The van der Waals surface area contributed by atoms with E-state index in [0.29, 0.717) is 6.54 Å². The van der Waals surface area contributed by atoms with Crippen LogP contribution in [0, 0.1) is 11.3 Å². The van der Waals surface area contributed by atoms with Crippen LogP contribution in [0.2, 0.25) is 0 Å². The zero-order valence-electron chi connectivity index (χ0n) is 13.1. The van der Waals surface area contributed by atoms with Crippen LogP contribution in [0.3, 0.4) is 0 Å². The predicted molar refractivity (Wildman–Crippen MR) is 84.3 cm³/mol. The molecule has 2 heterocycles. The number of imidazole rings is 1. The summed E-state index contributed by atoms with van der Waals surface area (Å²) in [6.45, 7) is 4.86. The van der Waals surface area contributed by atoms with Crippen LogP contribution in [-0.2, 0) is 11.3 Å². The summed E-state index contributed by atoms with van der Waals surface area (Å²) < 4.78 is 1.86. The molecular formula is C17H22N4O. The average Bonchev–Trinajstić information content (AvgIpc) is 3.14. The fourth-order valence-electron chi connectivity index (χ4n) is 3.30. The highest BCUT2D eigenvalue weighted by atomic mass is 16.1. The Kier molecular flexibility index (Phi) is 3.96. The van der Waals surface area contributed by atoms with Gasteiger partial charge in [-0.2, -0.15) is 0 Å². The summed E-state index contributed by atoms with van der Waals surface area (Å²) >= 11 is 0. The summed E-state index contributed by atoms with van der Waals surface area (Å²) in [5.74, 6) is 1.08. The molecule has 1 atom stereocenters. The van der Waals surface area contributed by atoms with E-state index in [-0.39, 0.29) is 17.2 Å². The fourth-order valence-corrected chi connectivity index (χ4v) is 3.30. The van der Waals surface area contributed by atoms with Crippen LogP contribution in [-0.4, -0.2) is 20.4 Å². The fraction of sp³-hybridized carbons (Fsp3) is 0.471. The van der Waals surface area contributed by atoms with Gasteiger partial charge in [0.1, 0.15) is 12.1 Å². The maximum atomic E-state index is 12.5. The Morgan fingerprint density at radius 1 is 1.45 bits per heavy atom. The number of carbonyl (C=O) groups is 1. The average molecular weight is 298 g/mol. The lowest BCUT2D eigenvalue weighted by Gasteiger charge is -2.26. The smallest absolute Gasteiger partial charge is 0.223 e. The van der Waals surface area contributed by atoms with Crippen LogP contribution in [0.4, 0.5) is 0 Å². The van der Waals surface area contributed by atoms with E-state index in [1.807, 2.05) is 22.9 Å². The normalized spacial score (nSPS) is 20.0. The quantitative estimate of drug-likeness (QED) is 0.944. The molecule has 1 aliphatic carbocycles. The third-order valence-electron chi connectivity index (χ3n) is 4.64. The minimum atomic E-state index is 0.103. The Labute approximate surface area is 130 Å². The van der Waals surface area contributed by atoms with E-state index in [9.17, 15) is 4.79 Å². The van der Waals surface area contributed by atoms with Crippen molar-refractivity contribution in [3.05, 3.63) is 42.6 Å². The molecule has 0 spiro atoms. The molecule has 1 unspecified atom stereocenters. The van der Waals surface area contributed by atoms with Crippen molar-refractivity contribution in [3.8, 4) is 5.82 Å². The molecule has 0 radical (unpaired) electrons. The molecule has 0 bridgehead atoms. The second kappa shape index (κ2) is 5.91. The van der Waals surface area contributed by atoms with Gasteiger partial charge in [0.2, 0.25) is 5.91 Å². The Bertz CT molecular complexity index is 648. The van der Waals surface area contributed by atoms with Crippen LogP contribution in [0.15, 0.2) is 37.1 Å². The first-order valence-corrected chi connectivity index (χ1v) is 7.78. The molecule has 22 heavy (non-hydrogen) atoms. The first kappa shape index (κ1) is 14.8. The minimum Gasteiger partial charge on any atom is -0.352 e. The highest BCUT2D eigenvalue weighted by Crippen LogP contribution is 2.42. The second-order valence-corrected chi connectivity index (χ2v) is 6.61. The number of carbonyl (C=O) groups excluding carboxylic acids is 1. The number of nitrogens with one attached hydrogen (secondary N) is 1. The van der Waals surface area contributed by atoms with Gasteiger partial charge in [-0.3, -0.25) is 9.36 Å². The van der Waals surface area contributed by atoms with Crippen LogP contribution >= 0.6 is 0 Å². The number of rotatable bonds is 4. The first-order chi connectivity index (χ1) is 10.6. The second-order valence-electron chi connectivity index (χ2n) is 6.61. The van der Waals surface area contributed by atoms with E-state index in [1.54, 1.807) is 18.7 Å². The third kappa shape index (κ3) is 2.89. The van der Waals surface area contributed by atoms with Gasteiger partial charge in [0.05, 0.1) is 0 Å². The van der Waals surface area contributed by atoms with Gasteiger partial charge in [0.25, 0.3) is 0 Å². The van der Waals surface area contributed by atoms with Crippen molar-refractivity contribution in [2.24, 2.45) is 11.3 Å². The van der Waals surface area contributed by atoms with E-state index >= 15 is 0 Å². The van der Waals surface area contributed by atoms with Gasteiger partial charge in [-0.25, -0.2) is 9.97 Å². The van der Waals surface area contributed by atoms with Crippen LogP contribution in [0.25, 0.3) is 5.82 Å². The lowest BCUT2D eigenvalue weighted by atomic mass is 9.81. The number of pyridine rings is 1. The van der Waals surface area contributed by atoms with Crippen LogP contribution < -0.4 is 5.32 Å². The van der Waals surface area contributed by atoms with Crippen molar-refractivity contribution in [2.45, 2.75) is 39.7 Å². The molecule has 3 rings (SSSR count). The molecule has 116 valence electrons. The molecule has 1 aliphatic rings. The highest BCUT2D eigenvalue weighted by molar-refractivity contribution is 5.79. The van der Waals surface area contributed by atoms with Crippen molar-refractivity contribution in [2.75, 3.05) is 0 Å². The van der Waals surface area contributed by atoms with Crippen molar-refractivity contribution < 1.29 is 4.79 Å². The van der Waals surface area contributed by atoms with Gasteiger partial charge in [-0.1, -0.05) is 26.3 Å². The lowest BCUT2D eigenvalue weighted by molar-refractivity contribution is -0.127. The van der Waals surface area contributed by atoms with Gasteiger partial charge >= 0.3 is 0 Å². The molecule has 2 aromatic rings. The third-order valence-corrected chi connectivity index (χ3v) is 4.64. The first-order valence-electron chi connectivity index (χ1n) is 7.78. The molecule has 1 saturated carbocycles. The van der Waals surface area contributed by atoms with Crippen molar-refractivity contribution in [3.63, 3.8) is 0 Å². The van der Waals surface area contributed by atoms with E-state index in [2.05, 4.69) is 29.1 Å². The molecule has 1 N–H and O–H groups in total. The molecule has 0 saturated heterocycles. The van der Waals surface area contributed by atoms with E-state index in [1.165, 1.54) is 0 Å². The molecule has 1 fully saturated rings. The molecule has 0 aromatic carbocycles. The zero-order valence-corrected chi connectivity index (χ0v) is 13.1. The van der Waals surface area contributed by atoms with Crippen molar-refractivity contribution in [1.82, 2.24) is 19.9 Å². The largest absolute Gasteiger partial charge is 0.352 e. The number of hydrogen-bond donors (Lipinski definition) is 1. The summed E-state index contributed by atoms with van der Waals surface area (Å²) in [6.07, 6.45) is 10.3. The van der Waals surface area contributed by atoms with Crippen molar-refractivity contribution >= 4 is 5.91 Å². The van der Waals surface area contributed by atoms with Crippen molar-refractivity contribution in [1.29, 1.82) is 0 Å². The van der Waals surface area contributed by atoms with Gasteiger partial charge in [-0.05, 0) is 24.3 Å². The summed E-state index contributed by atoms with van der Waals surface area (Å²) in [6, 6.07) is 3.88. The monoisotopic (exact) mass is 298 g/mol. The number of hydrogen-bond acceptors (Lipinski definition) is 3.